The third-order valence-electron chi connectivity index (χ3n) is 3.80. The normalized spacial score (nSPS) is 23.3. The Kier molecular flexibility index (Phi) is 5.20. The van der Waals surface area contributed by atoms with Crippen LogP contribution in [0.1, 0.15) is 31.4 Å². The zero-order valence-corrected chi connectivity index (χ0v) is 12.6. The van der Waals surface area contributed by atoms with E-state index in [1.165, 1.54) is 0 Å². The lowest BCUT2D eigenvalue weighted by Gasteiger charge is -2.30. The quantitative estimate of drug-likeness (QED) is 0.794. The molecule has 1 saturated heterocycles. The maximum absolute atomic E-state index is 12.3. The average molecular weight is 311 g/mol. The second-order valence-corrected chi connectivity index (χ2v) is 5.76. The molecule has 1 amide bonds. The second kappa shape index (κ2) is 6.91. The fourth-order valence-electron chi connectivity index (χ4n) is 2.61. The molecule has 1 aliphatic rings. The predicted octanol–water partition coefficient (Wildman–Crippen LogP) is 1.97. The smallest absolute Gasteiger partial charge is 0.330 e. The van der Waals surface area contributed by atoms with Crippen LogP contribution in [0, 0.1) is 5.92 Å². The lowest BCUT2D eigenvalue weighted by Crippen LogP contribution is -2.52. The van der Waals surface area contributed by atoms with Crippen LogP contribution < -0.4 is 10.6 Å². The van der Waals surface area contributed by atoms with Gasteiger partial charge in [0.1, 0.15) is 0 Å². The Bertz CT molecular complexity index is 535. The number of benzene rings is 1. The summed E-state index contributed by atoms with van der Waals surface area (Å²) in [6, 6.07) is 5.15. The van der Waals surface area contributed by atoms with Gasteiger partial charge in [-0.15, -0.1) is 0 Å². The van der Waals surface area contributed by atoms with Gasteiger partial charge in [0.25, 0.3) is 0 Å². The SMILES string of the molecule is CC1CCCNC1C(=O)N[C@@H](C(=O)O)c1ccccc1Cl. The molecule has 1 heterocycles. The summed E-state index contributed by atoms with van der Waals surface area (Å²) >= 11 is 6.03. The molecule has 5 nitrogen and oxygen atoms in total. The van der Waals surface area contributed by atoms with Crippen molar-refractivity contribution in [2.24, 2.45) is 5.92 Å². The highest BCUT2D eigenvalue weighted by atomic mass is 35.5. The maximum Gasteiger partial charge on any atom is 0.330 e. The van der Waals surface area contributed by atoms with Gasteiger partial charge >= 0.3 is 5.97 Å². The summed E-state index contributed by atoms with van der Waals surface area (Å²) in [6.45, 7) is 2.76. The Labute approximate surface area is 128 Å². The van der Waals surface area contributed by atoms with Crippen molar-refractivity contribution in [3.63, 3.8) is 0 Å². The molecule has 0 radical (unpaired) electrons. The van der Waals surface area contributed by atoms with Crippen molar-refractivity contribution < 1.29 is 14.7 Å². The molecule has 0 aliphatic carbocycles. The number of carboxylic acid groups (broad SMARTS) is 1. The van der Waals surface area contributed by atoms with Gasteiger partial charge in [0.2, 0.25) is 5.91 Å². The van der Waals surface area contributed by atoms with Gasteiger partial charge in [-0.3, -0.25) is 4.79 Å². The summed E-state index contributed by atoms with van der Waals surface area (Å²) in [4.78, 5) is 23.8. The lowest BCUT2D eigenvalue weighted by molar-refractivity contribution is -0.142. The summed E-state index contributed by atoms with van der Waals surface area (Å²) in [5, 5.41) is 15.4. The van der Waals surface area contributed by atoms with E-state index in [0.29, 0.717) is 10.6 Å². The fraction of sp³-hybridized carbons (Fsp3) is 0.467. The third kappa shape index (κ3) is 3.74. The van der Waals surface area contributed by atoms with Crippen molar-refractivity contribution in [1.82, 2.24) is 10.6 Å². The molecule has 1 aromatic carbocycles. The Balaban J connectivity index is 2.15. The minimum atomic E-state index is -1.14. The van der Waals surface area contributed by atoms with Crippen LogP contribution in [0.2, 0.25) is 5.02 Å². The highest BCUT2D eigenvalue weighted by molar-refractivity contribution is 6.31. The molecule has 0 aromatic heterocycles. The van der Waals surface area contributed by atoms with Crippen LogP contribution in [0.15, 0.2) is 24.3 Å². The number of rotatable bonds is 4. The average Bonchev–Trinajstić information content (AvgIpc) is 2.45. The first-order valence-corrected chi connectivity index (χ1v) is 7.39. The van der Waals surface area contributed by atoms with E-state index in [9.17, 15) is 14.7 Å². The molecule has 1 aliphatic heterocycles. The largest absolute Gasteiger partial charge is 0.479 e. The number of carbonyl (C=O) groups excluding carboxylic acids is 1. The summed E-state index contributed by atoms with van der Waals surface area (Å²) in [6.07, 6.45) is 1.98. The van der Waals surface area contributed by atoms with Crippen LogP contribution >= 0.6 is 11.6 Å². The van der Waals surface area contributed by atoms with Crippen LogP contribution in [-0.4, -0.2) is 29.6 Å². The molecular formula is C15H19ClN2O3. The zero-order chi connectivity index (χ0) is 15.4. The van der Waals surface area contributed by atoms with Gasteiger partial charge in [0.15, 0.2) is 6.04 Å². The van der Waals surface area contributed by atoms with Crippen molar-refractivity contribution in [3.8, 4) is 0 Å². The highest BCUT2D eigenvalue weighted by Crippen LogP contribution is 2.24. The van der Waals surface area contributed by atoms with Crippen LogP contribution in [0.25, 0.3) is 0 Å². The van der Waals surface area contributed by atoms with E-state index in [-0.39, 0.29) is 17.9 Å². The topological polar surface area (TPSA) is 78.4 Å². The number of hydrogen-bond acceptors (Lipinski definition) is 3. The minimum Gasteiger partial charge on any atom is -0.479 e. The molecule has 0 bridgehead atoms. The Hall–Kier alpha value is -1.59. The van der Waals surface area contributed by atoms with Gasteiger partial charge in [-0.05, 0) is 31.4 Å². The number of carbonyl (C=O) groups is 2. The fourth-order valence-corrected chi connectivity index (χ4v) is 2.86. The van der Waals surface area contributed by atoms with Crippen molar-refractivity contribution in [1.29, 1.82) is 0 Å². The number of piperidine rings is 1. The summed E-state index contributed by atoms with van der Waals surface area (Å²) in [5.74, 6) is -1.24. The molecule has 2 unspecified atom stereocenters. The maximum atomic E-state index is 12.3. The van der Waals surface area contributed by atoms with Crippen molar-refractivity contribution in [2.75, 3.05) is 6.54 Å². The Morgan fingerprint density at radius 2 is 2.14 bits per heavy atom. The number of amides is 1. The number of hydrogen-bond donors (Lipinski definition) is 3. The molecule has 114 valence electrons. The molecule has 1 fully saturated rings. The Morgan fingerprint density at radius 1 is 1.43 bits per heavy atom. The molecule has 6 heteroatoms. The highest BCUT2D eigenvalue weighted by Gasteiger charge is 2.31. The summed E-state index contributed by atoms with van der Waals surface area (Å²) < 4.78 is 0. The van der Waals surface area contributed by atoms with Crippen LogP contribution in [0.3, 0.4) is 0 Å². The van der Waals surface area contributed by atoms with E-state index in [1.807, 2.05) is 6.92 Å². The number of carboxylic acids is 1. The summed E-state index contributed by atoms with van der Waals surface area (Å²) in [5.41, 5.74) is 0.392. The first-order valence-electron chi connectivity index (χ1n) is 7.01. The molecule has 0 saturated carbocycles. The molecule has 1 aromatic rings. The van der Waals surface area contributed by atoms with E-state index >= 15 is 0 Å². The van der Waals surface area contributed by atoms with Gasteiger partial charge in [-0.25, -0.2) is 4.79 Å². The second-order valence-electron chi connectivity index (χ2n) is 5.35. The Morgan fingerprint density at radius 3 is 2.76 bits per heavy atom. The van der Waals surface area contributed by atoms with Gasteiger partial charge in [0.05, 0.1) is 6.04 Å². The van der Waals surface area contributed by atoms with Gasteiger partial charge in [-0.2, -0.15) is 0 Å². The lowest BCUT2D eigenvalue weighted by atomic mass is 9.92. The molecule has 3 atom stereocenters. The van der Waals surface area contributed by atoms with Crippen molar-refractivity contribution in [2.45, 2.75) is 31.8 Å². The number of nitrogens with one attached hydrogen (secondary N) is 2. The van der Waals surface area contributed by atoms with Gasteiger partial charge < -0.3 is 15.7 Å². The third-order valence-corrected chi connectivity index (χ3v) is 4.15. The predicted molar refractivity (Wildman–Crippen MR) is 80.2 cm³/mol. The van der Waals surface area contributed by atoms with Gasteiger partial charge in [0, 0.05) is 10.6 Å². The standard InChI is InChI=1S/C15H19ClN2O3/c1-9-5-4-8-17-12(9)14(19)18-13(15(20)21)10-6-2-3-7-11(10)16/h2-3,6-7,9,12-13,17H,4-5,8H2,1H3,(H,18,19)(H,20,21)/t9?,12?,13-/m1/s1. The monoisotopic (exact) mass is 310 g/mol. The number of halogens is 1. The van der Waals surface area contributed by atoms with Gasteiger partial charge in [-0.1, -0.05) is 36.7 Å². The molecule has 0 spiro atoms. The van der Waals surface area contributed by atoms with Crippen LogP contribution in [0.5, 0.6) is 0 Å². The van der Waals surface area contributed by atoms with E-state index < -0.39 is 12.0 Å². The molecule has 2 rings (SSSR count). The first-order chi connectivity index (χ1) is 10.0. The van der Waals surface area contributed by atoms with Crippen LogP contribution in [0.4, 0.5) is 0 Å². The van der Waals surface area contributed by atoms with E-state index in [1.54, 1.807) is 24.3 Å². The molecular weight excluding hydrogens is 292 g/mol. The van der Waals surface area contributed by atoms with Crippen molar-refractivity contribution in [3.05, 3.63) is 34.9 Å². The zero-order valence-electron chi connectivity index (χ0n) is 11.8. The van der Waals surface area contributed by atoms with Crippen LogP contribution in [-0.2, 0) is 9.59 Å². The van der Waals surface area contributed by atoms with E-state index in [0.717, 1.165) is 19.4 Å². The minimum absolute atomic E-state index is 0.180. The first kappa shape index (κ1) is 15.8. The van der Waals surface area contributed by atoms with E-state index in [4.69, 9.17) is 11.6 Å². The van der Waals surface area contributed by atoms with Crippen molar-refractivity contribution >= 4 is 23.5 Å². The summed E-state index contributed by atoms with van der Waals surface area (Å²) in [7, 11) is 0. The molecule has 3 N–H and O–H groups in total. The molecule has 21 heavy (non-hydrogen) atoms. The number of aliphatic carboxylic acids is 1. The van der Waals surface area contributed by atoms with E-state index in [2.05, 4.69) is 10.6 Å².